The minimum absolute atomic E-state index is 0.180. The van der Waals surface area contributed by atoms with Gasteiger partial charge in [-0.3, -0.25) is 14.2 Å². The average Bonchev–Trinajstić information content (AvgIpc) is 3.02. The number of aliphatic hydroxyl groups is 1. The molecular formula is C22H21ClN2O6. The van der Waals surface area contributed by atoms with E-state index in [2.05, 4.69) is 5.32 Å². The van der Waals surface area contributed by atoms with Crippen LogP contribution < -0.4 is 10.1 Å². The number of rotatable bonds is 7. The summed E-state index contributed by atoms with van der Waals surface area (Å²) in [5.41, 5.74) is 2.09. The Morgan fingerprint density at radius 1 is 1.16 bits per heavy atom. The Bertz CT molecular complexity index is 1150. The molecular weight excluding hydrogens is 424 g/mol. The topological polar surface area (TPSA) is 118 Å². The molecule has 0 unspecified atom stereocenters. The first kappa shape index (κ1) is 22.3. The van der Waals surface area contributed by atoms with Gasteiger partial charge in [0.05, 0.1) is 25.7 Å². The molecule has 0 saturated heterocycles. The zero-order valence-corrected chi connectivity index (χ0v) is 17.6. The molecule has 0 spiro atoms. The normalized spacial score (nSPS) is 11.9. The van der Waals surface area contributed by atoms with E-state index in [4.69, 9.17) is 26.6 Å². The number of aliphatic hydroxyl groups excluding tert-OH is 1. The third kappa shape index (κ3) is 4.55. The largest absolute Gasteiger partial charge is 0.497 e. The number of fused-ring (bicyclic) bond motifs is 1. The maximum atomic E-state index is 13.2. The van der Waals surface area contributed by atoms with Gasteiger partial charge < -0.3 is 20.3 Å². The van der Waals surface area contributed by atoms with Crippen molar-refractivity contribution in [2.75, 3.05) is 13.7 Å². The number of nitrogens with one attached hydrogen (secondary N) is 1. The van der Waals surface area contributed by atoms with E-state index in [1.165, 1.54) is 11.7 Å². The van der Waals surface area contributed by atoms with Gasteiger partial charge in [0.15, 0.2) is 0 Å². The van der Waals surface area contributed by atoms with Gasteiger partial charge in [-0.1, -0.05) is 11.6 Å². The van der Waals surface area contributed by atoms with Gasteiger partial charge in [-0.15, -0.1) is 0 Å². The number of hydrogen-bond acceptors (Lipinski definition) is 5. The van der Waals surface area contributed by atoms with Crippen molar-refractivity contribution in [1.82, 2.24) is 9.88 Å². The molecule has 2 aromatic carbocycles. The molecule has 3 aromatic rings. The van der Waals surface area contributed by atoms with Gasteiger partial charge in [0.1, 0.15) is 11.8 Å². The third-order valence-electron chi connectivity index (χ3n) is 4.99. The second-order valence-electron chi connectivity index (χ2n) is 6.91. The van der Waals surface area contributed by atoms with Crippen LogP contribution >= 0.6 is 11.6 Å². The molecule has 0 fully saturated rings. The summed E-state index contributed by atoms with van der Waals surface area (Å²) in [5.74, 6) is -1.68. The van der Waals surface area contributed by atoms with Crippen LogP contribution in [0.4, 0.5) is 0 Å². The smallest absolute Gasteiger partial charge is 0.328 e. The number of nitrogens with zero attached hydrogens (tertiary/aromatic N) is 1. The fraction of sp³-hybridized carbons (Fsp3) is 0.227. The molecule has 0 aliphatic carbocycles. The van der Waals surface area contributed by atoms with Gasteiger partial charge in [-0.05, 0) is 55.0 Å². The molecule has 3 N–H and O–H groups in total. The highest BCUT2D eigenvalue weighted by Gasteiger charge is 2.24. The van der Waals surface area contributed by atoms with Crippen LogP contribution in [0.3, 0.4) is 0 Å². The van der Waals surface area contributed by atoms with Crippen molar-refractivity contribution >= 4 is 40.3 Å². The summed E-state index contributed by atoms with van der Waals surface area (Å²) < 4.78 is 6.78. The van der Waals surface area contributed by atoms with Crippen molar-refractivity contribution < 1.29 is 29.3 Å². The minimum Gasteiger partial charge on any atom is -0.497 e. The van der Waals surface area contributed by atoms with E-state index in [0.29, 0.717) is 38.5 Å². The Balaban J connectivity index is 2.07. The van der Waals surface area contributed by atoms with Gasteiger partial charge in [0, 0.05) is 21.7 Å². The number of carbonyl (C=O) groups excluding carboxylic acids is 2. The lowest BCUT2D eigenvalue weighted by Gasteiger charge is -2.12. The van der Waals surface area contributed by atoms with Gasteiger partial charge in [0.25, 0.3) is 5.91 Å². The van der Waals surface area contributed by atoms with Crippen LogP contribution in [0.25, 0.3) is 10.9 Å². The van der Waals surface area contributed by atoms with Crippen LogP contribution in [0, 0.1) is 6.92 Å². The second-order valence-corrected chi connectivity index (χ2v) is 7.35. The van der Waals surface area contributed by atoms with Gasteiger partial charge >= 0.3 is 5.97 Å². The molecule has 0 bridgehead atoms. The van der Waals surface area contributed by atoms with Crippen molar-refractivity contribution in [2.24, 2.45) is 0 Å². The van der Waals surface area contributed by atoms with Crippen LogP contribution in [-0.4, -0.2) is 52.3 Å². The Morgan fingerprint density at radius 3 is 2.42 bits per heavy atom. The number of aromatic nitrogens is 1. The number of carboxylic acid groups (broad SMARTS) is 1. The standard InChI is InChI=1S/C22H21ClN2O6/c1-12-16(10-20(27)24-18(11-26)22(29)30)17-9-15(31-2)7-8-19(17)25(12)21(28)13-3-5-14(23)6-4-13/h3-9,18,26H,10-11H2,1-2H3,(H,24,27)(H,29,30)/t18-/m0/s1. The van der Waals surface area contributed by atoms with E-state index in [0.717, 1.165) is 0 Å². The summed E-state index contributed by atoms with van der Waals surface area (Å²) in [6.45, 7) is 0.980. The molecule has 1 atom stereocenters. The van der Waals surface area contributed by atoms with Crippen LogP contribution in [0.2, 0.25) is 5.02 Å². The first-order valence-corrected chi connectivity index (χ1v) is 9.75. The van der Waals surface area contributed by atoms with Crippen molar-refractivity contribution in [3.05, 3.63) is 64.3 Å². The number of carboxylic acids is 1. The molecule has 3 rings (SSSR count). The molecule has 0 saturated carbocycles. The Kier molecular flexibility index (Phi) is 6.62. The maximum absolute atomic E-state index is 13.2. The third-order valence-corrected chi connectivity index (χ3v) is 5.24. The highest BCUT2D eigenvalue weighted by Crippen LogP contribution is 2.30. The van der Waals surface area contributed by atoms with E-state index in [1.807, 2.05) is 0 Å². The number of hydrogen-bond donors (Lipinski definition) is 3. The summed E-state index contributed by atoms with van der Waals surface area (Å²) >= 11 is 5.92. The Hall–Kier alpha value is -3.36. The van der Waals surface area contributed by atoms with E-state index < -0.39 is 24.5 Å². The second kappa shape index (κ2) is 9.20. The van der Waals surface area contributed by atoms with Crippen LogP contribution in [0.5, 0.6) is 5.75 Å². The van der Waals surface area contributed by atoms with E-state index in [9.17, 15) is 14.4 Å². The quantitative estimate of drug-likeness (QED) is 0.515. The Labute approximate surface area is 183 Å². The minimum atomic E-state index is -1.41. The fourth-order valence-electron chi connectivity index (χ4n) is 3.39. The zero-order valence-electron chi connectivity index (χ0n) is 16.9. The predicted molar refractivity (Wildman–Crippen MR) is 115 cm³/mol. The molecule has 0 aliphatic rings. The van der Waals surface area contributed by atoms with Crippen molar-refractivity contribution in [3.63, 3.8) is 0 Å². The van der Waals surface area contributed by atoms with Gasteiger partial charge in [-0.25, -0.2) is 4.79 Å². The fourth-order valence-corrected chi connectivity index (χ4v) is 3.51. The summed E-state index contributed by atoms with van der Waals surface area (Å²) in [7, 11) is 1.51. The summed E-state index contributed by atoms with van der Waals surface area (Å²) in [6, 6.07) is 10.2. The summed E-state index contributed by atoms with van der Waals surface area (Å²) in [5, 5.41) is 21.6. The lowest BCUT2D eigenvalue weighted by Crippen LogP contribution is -2.44. The highest BCUT2D eigenvalue weighted by molar-refractivity contribution is 6.30. The van der Waals surface area contributed by atoms with E-state index >= 15 is 0 Å². The van der Waals surface area contributed by atoms with Gasteiger partial charge in [0.2, 0.25) is 5.91 Å². The summed E-state index contributed by atoms with van der Waals surface area (Å²) in [4.78, 5) is 36.8. The van der Waals surface area contributed by atoms with Crippen LogP contribution in [-0.2, 0) is 16.0 Å². The SMILES string of the molecule is COc1ccc2c(c1)c(CC(=O)N[C@@H](CO)C(=O)O)c(C)n2C(=O)c1ccc(Cl)cc1. The van der Waals surface area contributed by atoms with E-state index in [-0.39, 0.29) is 12.3 Å². The Morgan fingerprint density at radius 2 is 1.84 bits per heavy atom. The first-order valence-electron chi connectivity index (χ1n) is 9.38. The lowest BCUT2D eigenvalue weighted by molar-refractivity contribution is -0.142. The van der Waals surface area contributed by atoms with Crippen LogP contribution in [0.1, 0.15) is 21.6 Å². The molecule has 1 aromatic heterocycles. The number of ether oxygens (including phenoxy) is 1. The molecule has 0 aliphatic heterocycles. The molecule has 0 radical (unpaired) electrons. The predicted octanol–water partition coefficient (Wildman–Crippen LogP) is 2.40. The number of amides is 1. The molecule has 1 amide bonds. The number of halogens is 1. The number of methoxy groups -OCH3 is 1. The van der Waals surface area contributed by atoms with E-state index in [1.54, 1.807) is 49.4 Å². The highest BCUT2D eigenvalue weighted by atomic mass is 35.5. The lowest BCUT2D eigenvalue weighted by atomic mass is 10.1. The number of benzene rings is 2. The first-order chi connectivity index (χ1) is 14.8. The summed E-state index contributed by atoms with van der Waals surface area (Å²) in [6.07, 6.45) is -0.180. The van der Waals surface area contributed by atoms with Crippen molar-refractivity contribution in [2.45, 2.75) is 19.4 Å². The molecule has 8 nitrogen and oxygen atoms in total. The molecule has 31 heavy (non-hydrogen) atoms. The molecule has 162 valence electrons. The van der Waals surface area contributed by atoms with Crippen LogP contribution in [0.15, 0.2) is 42.5 Å². The van der Waals surface area contributed by atoms with Crippen molar-refractivity contribution in [1.29, 1.82) is 0 Å². The zero-order chi connectivity index (χ0) is 22.7. The number of carbonyl (C=O) groups is 3. The maximum Gasteiger partial charge on any atom is 0.328 e. The number of aliphatic carboxylic acids is 1. The molecule has 9 heteroatoms. The molecule has 1 heterocycles. The monoisotopic (exact) mass is 444 g/mol. The average molecular weight is 445 g/mol. The van der Waals surface area contributed by atoms with Gasteiger partial charge in [-0.2, -0.15) is 0 Å². The van der Waals surface area contributed by atoms with Crippen molar-refractivity contribution in [3.8, 4) is 5.75 Å².